The minimum Gasteiger partial charge on any atom is -0.328 e. The number of quaternary nitrogens is 1. The molecule has 0 radical (unpaired) electrons. The molecule has 1 aliphatic heterocycles. The molecule has 2 aromatic rings. The molecule has 0 aliphatic carbocycles. The standard InChI is InChI=1S/C21H29N2/c1-23(2)15-12-19(13-16-23)20-11-14-22-21(17-20)10-6-9-18-7-4-3-5-8-18/h3-5,7-8,11,14,17,19H,6,9-10,12-13,15-16H2,1-2H3/q+1. The van der Waals surface area contributed by atoms with Crippen molar-refractivity contribution >= 4 is 0 Å². The third kappa shape index (κ3) is 4.65. The van der Waals surface area contributed by atoms with Crippen LogP contribution < -0.4 is 0 Å². The Balaban J connectivity index is 1.55. The number of hydrogen-bond acceptors (Lipinski definition) is 1. The van der Waals surface area contributed by atoms with Gasteiger partial charge in [-0.3, -0.25) is 4.98 Å². The van der Waals surface area contributed by atoms with Crippen molar-refractivity contribution in [3.63, 3.8) is 0 Å². The van der Waals surface area contributed by atoms with Crippen LogP contribution in [0, 0.1) is 0 Å². The minimum absolute atomic E-state index is 0.733. The number of aromatic nitrogens is 1. The first-order valence-electron chi connectivity index (χ1n) is 8.93. The largest absolute Gasteiger partial charge is 0.328 e. The van der Waals surface area contributed by atoms with Crippen molar-refractivity contribution < 1.29 is 4.48 Å². The Morgan fingerprint density at radius 1 is 1.00 bits per heavy atom. The van der Waals surface area contributed by atoms with Gasteiger partial charge in [0.2, 0.25) is 0 Å². The van der Waals surface area contributed by atoms with Crippen LogP contribution in [-0.2, 0) is 12.8 Å². The Morgan fingerprint density at radius 3 is 2.48 bits per heavy atom. The number of likely N-dealkylation sites (tertiary alicyclic amines) is 1. The fraction of sp³-hybridized carbons (Fsp3) is 0.476. The zero-order valence-corrected chi connectivity index (χ0v) is 14.5. The Kier molecular flexibility index (Phi) is 5.12. The van der Waals surface area contributed by atoms with Crippen LogP contribution in [0.25, 0.3) is 0 Å². The molecule has 1 aromatic heterocycles. The van der Waals surface area contributed by atoms with Gasteiger partial charge in [-0.05, 0) is 48.4 Å². The lowest BCUT2D eigenvalue weighted by Gasteiger charge is -2.37. The molecule has 0 N–H and O–H groups in total. The summed E-state index contributed by atoms with van der Waals surface area (Å²) in [5.74, 6) is 0.733. The van der Waals surface area contributed by atoms with Gasteiger partial charge in [0.25, 0.3) is 0 Å². The second kappa shape index (κ2) is 7.27. The fourth-order valence-electron chi connectivity index (χ4n) is 3.61. The van der Waals surface area contributed by atoms with E-state index in [1.54, 1.807) is 0 Å². The molecule has 1 aliphatic rings. The molecule has 0 saturated carbocycles. The van der Waals surface area contributed by atoms with E-state index in [4.69, 9.17) is 0 Å². The molecule has 0 unspecified atom stereocenters. The van der Waals surface area contributed by atoms with Crippen molar-refractivity contribution in [1.82, 2.24) is 4.98 Å². The third-order valence-electron chi connectivity index (χ3n) is 5.22. The summed E-state index contributed by atoms with van der Waals surface area (Å²) >= 11 is 0. The second-order valence-corrected chi connectivity index (χ2v) is 7.58. The molecule has 0 amide bonds. The summed E-state index contributed by atoms with van der Waals surface area (Å²) in [5.41, 5.74) is 4.20. The first-order valence-corrected chi connectivity index (χ1v) is 8.93. The molecule has 0 spiro atoms. The number of aryl methyl sites for hydroxylation is 2. The Morgan fingerprint density at radius 2 is 1.74 bits per heavy atom. The molecule has 122 valence electrons. The van der Waals surface area contributed by atoms with Crippen molar-refractivity contribution in [1.29, 1.82) is 0 Å². The molecule has 23 heavy (non-hydrogen) atoms. The molecule has 2 heterocycles. The van der Waals surface area contributed by atoms with Crippen molar-refractivity contribution in [3.8, 4) is 0 Å². The molecular formula is C21H29N2+. The number of rotatable bonds is 5. The molecular weight excluding hydrogens is 280 g/mol. The van der Waals surface area contributed by atoms with Crippen LogP contribution in [-0.4, -0.2) is 36.7 Å². The van der Waals surface area contributed by atoms with Gasteiger partial charge in [-0.1, -0.05) is 30.3 Å². The van der Waals surface area contributed by atoms with Gasteiger partial charge >= 0.3 is 0 Å². The van der Waals surface area contributed by atoms with Crippen LogP contribution in [0.5, 0.6) is 0 Å². The average molecular weight is 309 g/mol. The predicted octanol–water partition coefficient (Wildman–Crippen LogP) is 4.21. The maximum Gasteiger partial charge on any atom is 0.0788 e. The lowest BCUT2D eigenvalue weighted by atomic mass is 9.88. The Hall–Kier alpha value is -1.67. The first-order chi connectivity index (χ1) is 11.1. The van der Waals surface area contributed by atoms with Crippen molar-refractivity contribution in [2.75, 3.05) is 27.2 Å². The second-order valence-electron chi connectivity index (χ2n) is 7.58. The molecule has 1 fully saturated rings. The molecule has 1 saturated heterocycles. The first kappa shape index (κ1) is 16.2. The molecule has 2 nitrogen and oxygen atoms in total. The Labute approximate surface area is 140 Å². The predicted molar refractivity (Wildman–Crippen MR) is 96.5 cm³/mol. The highest BCUT2D eigenvalue weighted by Gasteiger charge is 2.27. The van der Waals surface area contributed by atoms with Crippen LogP contribution >= 0.6 is 0 Å². The van der Waals surface area contributed by atoms with E-state index in [-0.39, 0.29) is 0 Å². The lowest BCUT2D eigenvalue weighted by molar-refractivity contribution is -0.895. The highest BCUT2D eigenvalue weighted by molar-refractivity contribution is 5.21. The van der Waals surface area contributed by atoms with Gasteiger partial charge in [0.1, 0.15) is 0 Å². The molecule has 0 atom stereocenters. The van der Waals surface area contributed by atoms with E-state index >= 15 is 0 Å². The van der Waals surface area contributed by atoms with Crippen LogP contribution in [0.3, 0.4) is 0 Å². The van der Waals surface area contributed by atoms with Gasteiger partial charge in [0, 0.05) is 24.7 Å². The number of pyridine rings is 1. The van der Waals surface area contributed by atoms with E-state index in [0.717, 1.165) is 18.8 Å². The summed E-state index contributed by atoms with van der Waals surface area (Å²) in [4.78, 5) is 4.59. The quantitative estimate of drug-likeness (QED) is 0.754. The smallest absolute Gasteiger partial charge is 0.0788 e. The monoisotopic (exact) mass is 309 g/mol. The van der Waals surface area contributed by atoms with Gasteiger partial charge in [0.15, 0.2) is 0 Å². The highest BCUT2D eigenvalue weighted by atomic mass is 15.3. The summed E-state index contributed by atoms with van der Waals surface area (Å²) in [6.45, 7) is 2.58. The normalized spacial score (nSPS) is 18.0. The van der Waals surface area contributed by atoms with E-state index in [0.29, 0.717) is 0 Å². The average Bonchev–Trinajstić information content (AvgIpc) is 2.56. The number of piperidine rings is 1. The molecule has 0 bridgehead atoms. The topological polar surface area (TPSA) is 12.9 Å². The minimum atomic E-state index is 0.733. The zero-order valence-electron chi connectivity index (χ0n) is 14.5. The van der Waals surface area contributed by atoms with Gasteiger partial charge in [-0.2, -0.15) is 0 Å². The van der Waals surface area contributed by atoms with Gasteiger partial charge in [0.05, 0.1) is 27.2 Å². The molecule has 2 heteroatoms. The number of hydrogen-bond donors (Lipinski definition) is 0. The van der Waals surface area contributed by atoms with E-state index in [9.17, 15) is 0 Å². The summed E-state index contributed by atoms with van der Waals surface area (Å²) in [6, 6.07) is 15.3. The van der Waals surface area contributed by atoms with E-state index < -0.39 is 0 Å². The van der Waals surface area contributed by atoms with Crippen molar-refractivity contribution in [3.05, 3.63) is 65.5 Å². The van der Waals surface area contributed by atoms with E-state index in [2.05, 4.69) is 61.5 Å². The van der Waals surface area contributed by atoms with Crippen LogP contribution in [0.2, 0.25) is 0 Å². The molecule has 3 rings (SSSR count). The summed E-state index contributed by atoms with van der Waals surface area (Å²) in [6.07, 6.45) is 8.02. The third-order valence-corrected chi connectivity index (χ3v) is 5.22. The lowest BCUT2D eigenvalue weighted by Crippen LogP contribution is -2.45. The SMILES string of the molecule is C[N+]1(C)CCC(c2ccnc(CCCc3ccccc3)c2)CC1. The number of benzene rings is 1. The maximum absolute atomic E-state index is 4.59. The maximum atomic E-state index is 4.59. The van der Waals surface area contributed by atoms with Crippen molar-refractivity contribution in [2.45, 2.75) is 38.0 Å². The number of nitrogens with zero attached hydrogens (tertiary/aromatic N) is 2. The summed E-state index contributed by atoms with van der Waals surface area (Å²) in [7, 11) is 4.69. The highest BCUT2D eigenvalue weighted by Crippen LogP contribution is 2.29. The van der Waals surface area contributed by atoms with Gasteiger partial charge in [-0.25, -0.2) is 0 Å². The van der Waals surface area contributed by atoms with Gasteiger partial charge in [-0.15, -0.1) is 0 Å². The van der Waals surface area contributed by atoms with Crippen LogP contribution in [0.1, 0.15) is 42.0 Å². The fourth-order valence-corrected chi connectivity index (χ4v) is 3.61. The van der Waals surface area contributed by atoms with Crippen LogP contribution in [0.4, 0.5) is 0 Å². The van der Waals surface area contributed by atoms with E-state index in [1.807, 2.05) is 6.20 Å². The van der Waals surface area contributed by atoms with E-state index in [1.165, 1.54) is 53.7 Å². The molecule has 1 aromatic carbocycles. The summed E-state index contributed by atoms with van der Waals surface area (Å²) in [5, 5.41) is 0. The zero-order chi connectivity index (χ0) is 16.1. The van der Waals surface area contributed by atoms with Gasteiger partial charge < -0.3 is 4.48 Å². The summed E-state index contributed by atoms with van der Waals surface area (Å²) < 4.78 is 1.17. The van der Waals surface area contributed by atoms with Crippen LogP contribution in [0.15, 0.2) is 48.7 Å². The Bertz CT molecular complexity index is 609. The van der Waals surface area contributed by atoms with Crippen molar-refractivity contribution in [2.24, 2.45) is 0 Å².